The fourth-order valence-electron chi connectivity index (χ4n) is 1.58. The number of esters is 1. The van der Waals surface area contributed by atoms with Crippen LogP contribution in [0.4, 0.5) is 5.69 Å². The van der Waals surface area contributed by atoms with Crippen molar-refractivity contribution in [3.05, 3.63) is 59.7 Å². The average molecular weight is 257 g/mol. The quantitative estimate of drug-likeness (QED) is 0.499. The highest BCUT2D eigenvalue weighted by atomic mass is 16.5. The third-order valence-electron chi connectivity index (χ3n) is 2.50. The van der Waals surface area contributed by atoms with Crippen molar-refractivity contribution in [3.63, 3.8) is 0 Å². The number of carbonyl (C=O) groups excluding carboxylic acids is 1. The summed E-state index contributed by atoms with van der Waals surface area (Å²) >= 11 is 0. The Kier molecular flexibility index (Phi) is 3.47. The minimum absolute atomic E-state index is 0.0155. The van der Waals surface area contributed by atoms with Gasteiger partial charge in [0.15, 0.2) is 5.75 Å². The fraction of sp³-hybridized carbons (Fsp3) is 0. The second-order valence-electron chi connectivity index (χ2n) is 3.78. The van der Waals surface area contributed by atoms with Gasteiger partial charge in [0.05, 0.1) is 16.8 Å². The largest absolute Gasteiger partial charge is 0.478 e. The zero-order chi connectivity index (χ0) is 13.8. The van der Waals surface area contributed by atoms with Crippen molar-refractivity contribution in [2.75, 3.05) is 5.73 Å². The van der Waals surface area contributed by atoms with E-state index in [2.05, 4.69) is 0 Å². The van der Waals surface area contributed by atoms with Gasteiger partial charge in [0, 0.05) is 0 Å². The minimum Gasteiger partial charge on any atom is -0.478 e. The monoisotopic (exact) mass is 257 g/mol. The number of anilines is 1. The van der Waals surface area contributed by atoms with Gasteiger partial charge in [-0.05, 0) is 24.3 Å². The predicted octanol–water partition coefficient (Wildman–Crippen LogP) is 2.19. The SMILES string of the molecule is Nc1ccccc1OC(=O)c1ccccc1C(=O)O. The van der Waals surface area contributed by atoms with Crippen LogP contribution in [0.5, 0.6) is 5.75 Å². The molecule has 0 saturated heterocycles. The summed E-state index contributed by atoms with van der Waals surface area (Å²) in [7, 11) is 0. The van der Waals surface area contributed by atoms with Crippen LogP contribution in [-0.4, -0.2) is 17.0 Å². The molecule has 2 aromatic rings. The Bertz CT molecular complexity index is 637. The molecule has 0 aliphatic rings. The maximum atomic E-state index is 12.0. The number of ether oxygens (including phenoxy) is 1. The third kappa shape index (κ3) is 2.71. The highest BCUT2D eigenvalue weighted by molar-refractivity contribution is 6.03. The van der Waals surface area contributed by atoms with Gasteiger partial charge < -0.3 is 15.6 Å². The van der Waals surface area contributed by atoms with Gasteiger partial charge in [-0.1, -0.05) is 24.3 Å². The Morgan fingerprint density at radius 1 is 0.947 bits per heavy atom. The number of carboxylic acid groups (broad SMARTS) is 1. The van der Waals surface area contributed by atoms with Crippen LogP contribution in [0.3, 0.4) is 0 Å². The van der Waals surface area contributed by atoms with Gasteiger partial charge in [-0.25, -0.2) is 9.59 Å². The Hall–Kier alpha value is -2.82. The summed E-state index contributed by atoms with van der Waals surface area (Å²) < 4.78 is 5.09. The molecule has 2 aromatic carbocycles. The molecule has 0 aliphatic carbocycles. The first-order chi connectivity index (χ1) is 9.09. The molecule has 0 fully saturated rings. The molecular formula is C14H11NO4. The molecule has 0 atom stereocenters. The summed E-state index contributed by atoms with van der Waals surface area (Å²) in [4.78, 5) is 23.0. The Labute approximate surface area is 109 Å². The summed E-state index contributed by atoms with van der Waals surface area (Å²) in [6.07, 6.45) is 0. The zero-order valence-electron chi connectivity index (χ0n) is 9.87. The molecule has 0 unspecified atom stereocenters. The molecule has 0 aromatic heterocycles. The molecule has 0 heterocycles. The van der Waals surface area contributed by atoms with Crippen molar-refractivity contribution in [3.8, 4) is 5.75 Å². The maximum Gasteiger partial charge on any atom is 0.344 e. The molecule has 0 spiro atoms. The number of nitrogen functional groups attached to an aromatic ring is 1. The van der Waals surface area contributed by atoms with Crippen LogP contribution < -0.4 is 10.5 Å². The number of carbonyl (C=O) groups is 2. The van der Waals surface area contributed by atoms with E-state index >= 15 is 0 Å². The predicted molar refractivity (Wildman–Crippen MR) is 69.2 cm³/mol. The zero-order valence-corrected chi connectivity index (χ0v) is 9.87. The normalized spacial score (nSPS) is 9.89. The number of hydrogen-bond acceptors (Lipinski definition) is 4. The van der Waals surface area contributed by atoms with Gasteiger partial charge in [-0.3, -0.25) is 0 Å². The molecular weight excluding hydrogens is 246 g/mol. The van der Waals surface area contributed by atoms with Gasteiger partial charge >= 0.3 is 11.9 Å². The summed E-state index contributed by atoms with van der Waals surface area (Å²) in [5, 5.41) is 9.00. The molecule has 5 nitrogen and oxygen atoms in total. The molecule has 0 aliphatic heterocycles. The van der Waals surface area contributed by atoms with E-state index in [4.69, 9.17) is 15.6 Å². The second kappa shape index (κ2) is 5.22. The fourth-order valence-corrected chi connectivity index (χ4v) is 1.58. The van der Waals surface area contributed by atoms with Crippen LogP contribution in [0.25, 0.3) is 0 Å². The van der Waals surface area contributed by atoms with E-state index in [9.17, 15) is 9.59 Å². The van der Waals surface area contributed by atoms with E-state index in [-0.39, 0.29) is 16.9 Å². The Morgan fingerprint density at radius 3 is 2.16 bits per heavy atom. The van der Waals surface area contributed by atoms with E-state index in [1.54, 1.807) is 24.3 Å². The smallest absolute Gasteiger partial charge is 0.344 e. The van der Waals surface area contributed by atoms with E-state index in [1.807, 2.05) is 0 Å². The standard InChI is InChI=1S/C14H11NO4/c15-11-7-3-4-8-12(11)19-14(18)10-6-2-1-5-9(10)13(16)17/h1-8H,15H2,(H,16,17). The van der Waals surface area contributed by atoms with Crippen molar-refractivity contribution in [2.24, 2.45) is 0 Å². The average Bonchev–Trinajstić information content (AvgIpc) is 2.41. The van der Waals surface area contributed by atoms with Gasteiger partial charge in [0.2, 0.25) is 0 Å². The molecule has 2 rings (SSSR count). The molecule has 0 bridgehead atoms. The summed E-state index contributed by atoms with van der Waals surface area (Å²) in [6, 6.07) is 12.3. The van der Waals surface area contributed by atoms with Gasteiger partial charge in [0.25, 0.3) is 0 Å². The van der Waals surface area contributed by atoms with E-state index in [0.29, 0.717) is 5.69 Å². The summed E-state index contributed by atoms with van der Waals surface area (Å²) in [5.74, 6) is -1.74. The Morgan fingerprint density at radius 2 is 1.53 bits per heavy atom. The lowest BCUT2D eigenvalue weighted by atomic mass is 10.1. The first-order valence-electron chi connectivity index (χ1n) is 5.48. The first-order valence-corrected chi connectivity index (χ1v) is 5.48. The lowest BCUT2D eigenvalue weighted by molar-refractivity contribution is 0.0668. The molecule has 0 radical (unpaired) electrons. The van der Waals surface area contributed by atoms with Crippen LogP contribution in [0.1, 0.15) is 20.7 Å². The number of rotatable bonds is 3. The first kappa shape index (κ1) is 12.6. The van der Waals surface area contributed by atoms with Crippen LogP contribution in [0.2, 0.25) is 0 Å². The molecule has 0 amide bonds. The number of carboxylic acids is 1. The van der Waals surface area contributed by atoms with Crippen LogP contribution >= 0.6 is 0 Å². The maximum absolute atomic E-state index is 12.0. The second-order valence-corrected chi connectivity index (χ2v) is 3.78. The van der Waals surface area contributed by atoms with E-state index < -0.39 is 11.9 Å². The van der Waals surface area contributed by atoms with Crippen LogP contribution in [0, 0.1) is 0 Å². The lowest BCUT2D eigenvalue weighted by Crippen LogP contribution is -2.14. The molecule has 19 heavy (non-hydrogen) atoms. The van der Waals surface area contributed by atoms with Gasteiger partial charge in [0.1, 0.15) is 0 Å². The number of hydrogen-bond donors (Lipinski definition) is 2. The van der Waals surface area contributed by atoms with Crippen molar-refractivity contribution in [2.45, 2.75) is 0 Å². The molecule has 0 saturated carbocycles. The summed E-state index contributed by atoms with van der Waals surface area (Å²) in [5.41, 5.74) is 5.84. The van der Waals surface area contributed by atoms with Crippen LogP contribution in [0.15, 0.2) is 48.5 Å². The van der Waals surface area contributed by atoms with Crippen molar-refractivity contribution >= 4 is 17.6 Å². The number of benzene rings is 2. The minimum atomic E-state index is -1.19. The highest BCUT2D eigenvalue weighted by Gasteiger charge is 2.18. The van der Waals surface area contributed by atoms with Crippen molar-refractivity contribution in [1.82, 2.24) is 0 Å². The number of aromatic carboxylic acids is 1. The molecule has 3 N–H and O–H groups in total. The van der Waals surface area contributed by atoms with Gasteiger partial charge in [-0.2, -0.15) is 0 Å². The number of para-hydroxylation sites is 2. The molecule has 96 valence electrons. The topological polar surface area (TPSA) is 89.6 Å². The Balaban J connectivity index is 2.31. The van der Waals surface area contributed by atoms with E-state index in [0.717, 1.165) is 0 Å². The lowest BCUT2D eigenvalue weighted by Gasteiger charge is -2.08. The van der Waals surface area contributed by atoms with Crippen LogP contribution in [-0.2, 0) is 0 Å². The molecule has 5 heteroatoms. The third-order valence-corrected chi connectivity index (χ3v) is 2.50. The highest BCUT2D eigenvalue weighted by Crippen LogP contribution is 2.21. The van der Waals surface area contributed by atoms with Crippen molar-refractivity contribution in [1.29, 1.82) is 0 Å². The van der Waals surface area contributed by atoms with Gasteiger partial charge in [-0.15, -0.1) is 0 Å². The van der Waals surface area contributed by atoms with Crippen molar-refractivity contribution < 1.29 is 19.4 Å². The van der Waals surface area contributed by atoms with E-state index in [1.165, 1.54) is 24.3 Å². The summed E-state index contributed by atoms with van der Waals surface area (Å²) in [6.45, 7) is 0. The number of nitrogens with two attached hydrogens (primary N) is 1.